The predicted molar refractivity (Wildman–Crippen MR) is 495 cm³/mol. The van der Waals surface area contributed by atoms with Crippen molar-refractivity contribution in [1.29, 1.82) is 0 Å². The second-order valence-electron chi connectivity index (χ2n) is 35.0. The Kier molecular flexibility index (Phi) is 24.1. The molecule has 0 spiro atoms. The number of hydrogen-bond donors (Lipinski definition) is 4. The number of fused-ring (bicyclic) bond motifs is 6. The Labute approximate surface area is 763 Å². The van der Waals surface area contributed by atoms with Crippen LogP contribution in [0.5, 0.6) is 17.2 Å². The molecule has 0 bridgehead atoms. The molecule has 6 aromatic carbocycles. The van der Waals surface area contributed by atoms with Crippen LogP contribution in [0.1, 0.15) is 114 Å². The predicted octanol–water partition coefficient (Wildman–Crippen LogP) is 13.1. The molecule has 134 heavy (non-hydrogen) atoms. The van der Waals surface area contributed by atoms with Crippen LogP contribution in [0.3, 0.4) is 0 Å². The molecule has 37 heteroatoms. The van der Waals surface area contributed by atoms with Gasteiger partial charge in [0.25, 0.3) is 5.91 Å². The number of halogens is 6. The third kappa shape index (κ3) is 15.2. The van der Waals surface area contributed by atoms with Crippen molar-refractivity contribution in [3.05, 3.63) is 248 Å². The maximum Gasteiger partial charge on any atom is 0.354 e. The van der Waals surface area contributed by atoms with E-state index < -0.39 is 166 Å². The highest BCUT2D eigenvalue weighted by atomic mass is 32.2. The molecule has 5 amide bonds. The van der Waals surface area contributed by atoms with E-state index in [9.17, 15) is 62.1 Å². The first-order valence-corrected chi connectivity index (χ1v) is 44.8. The van der Waals surface area contributed by atoms with E-state index in [1.165, 1.54) is 90.1 Å². The largest absolute Gasteiger partial charge is 0.507 e. The minimum atomic E-state index is -4.52. The number of aromatic hydroxyl groups is 3. The SMILES string of the molecule is C=CC(=O)N1CC2C(=O)N(C)c3c(F)c(-c4c(O)cccc4F)cc4c3c(nc(=O)n4-c3c(C)ccnc3C(C)C)N2CC1C.C=CC(=O)N1CC2C(=O)Nc3c(F)c(-c4c(O)cccc4F)cc4c3c(nc(=O)n4-c3c(C)ccnc3C(C)C)N2CC1C.C=CC(=O)N1CC2CS(=O)(=O)c3c(F)c(-c4c(O)cccc4F)cc4c3c(nc(=O)n4-c3c(C)ccnc3C(C)C)N2CC1C. The van der Waals surface area contributed by atoms with Gasteiger partial charge in [0, 0.05) is 86.6 Å². The number of pyridine rings is 3. The van der Waals surface area contributed by atoms with Crippen LogP contribution in [-0.4, -0.2) is 200 Å². The van der Waals surface area contributed by atoms with Gasteiger partial charge < -0.3 is 54.9 Å². The maximum atomic E-state index is 16.9. The number of carbonyl (C=O) groups is 5. The Morgan fingerprint density at radius 2 is 0.813 bits per heavy atom. The molecule has 0 aliphatic carbocycles. The molecular weight excluding hydrogens is 1760 g/mol. The summed E-state index contributed by atoms with van der Waals surface area (Å²) in [4.78, 5) is 145. The number of rotatable bonds is 12. The van der Waals surface area contributed by atoms with Gasteiger partial charge in [-0.15, -0.1) is 0 Å². The molecule has 18 rings (SSSR count). The van der Waals surface area contributed by atoms with Gasteiger partial charge in [-0.2, -0.15) is 15.0 Å². The number of carbonyl (C=O) groups excluding carboxylic acids is 5. The minimum Gasteiger partial charge on any atom is -0.507 e. The lowest BCUT2D eigenvalue weighted by Crippen LogP contribution is -2.63. The summed E-state index contributed by atoms with van der Waals surface area (Å²) in [6.45, 7) is 33.0. The Morgan fingerprint density at radius 3 is 1.22 bits per heavy atom. The first-order valence-electron chi connectivity index (χ1n) is 43.2. The number of nitrogens with zero attached hydrogens (tertiary/aromatic N) is 16. The fourth-order valence-corrected chi connectivity index (χ4v) is 21.0. The van der Waals surface area contributed by atoms with Crippen LogP contribution in [0.4, 0.5) is 55.2 Å². The summed E-state index contributed by atoms with van der Waals surface area (Å²) >= 11 is 0. The number of nitrogens with one attached hydrogen (secondary N) is 1. The highest BCUT2D eigenvalue weighted by Crippen LogP contribution is 2.51. The third-order valence-corrected chi connectivity index (χ3v) is 27.4. The first kappa shape index (κ1) is 92.4. The lowest BCUT2D eigenvalue weighted by molar-refractivity contribution is -0.131. The van der Waals surface area contributed by atoms with E-state index in [0.29, 0.717) is 50.8 Å². The van der Waals surface area contributed by atoms with Gasteiger partial charge in [0.15, 0.2) is 27.3 Å². The van der Waals surface area contributed by atoms with Crippen molar-refractivity contribution in [2.75, 3.05) is 77.0 Å². The normalized spacial score (nSPS) is 18.3. The van der Waals surface area contributed by atoms with Crippen LogP contribution < -0.4 is 42.0 Å². The number of phenolic OH excluding ortho intramolecular Hbond substituents is 3. The minimum absolute atomic E-state index is 0.0430. The van der Waals surface area contributed by atoms with E-state index in [4.69, 9.17) is 0 Å². The summed E-state index contributed by atoms with van der Waals surface area (Å²) < 4.78 is 128. The van der Waals surface area contributed by atoms with Crippen LogP contribution >= 0.6 is 0 Å². The summed E-state index contributed by atoms with van der Waals surface area (Å²) in [6, 6.07) is 15.4. The molecular formula is C97H93F6N17O13S. The van der Waals surface area contributed by atoms with E-state index in [-0.39, 0.29) is 142 Å². The summed E-state index contributed by atoms with van der Waals surface area (Å²) in [6.07, 6.45) is 8.31. The maximum absolute atomic E-state index is 16.9. The number of aromatic nitrogens is 9. The lowest BCUT2D eigenvalue weighted by Gasteiger charge is -2.44. The van der Waals surface area contributed by atoms with Crippen molar-refractivity contribution >= 4 is 101 Å². The Hall–Kier alpha value is -14.9. The van der Waals surface area contributed by atoms with Gasteiger partial charge in [0.1, 0.15) is 69.1 Å². The number of amides is 5. The molecule has 692 valence electrons. The number of phenols is 3. The molecule has 4 N–H and O–H groups in total. The van der Waals surface area contributed by atoms with Gasteiger partial charge in [0.2, 0.25) is 23.6 Å². The summed E-state index contributed by atoms with van der Waals surface area (Å²) in [5.74, 6) is -11.1. The van der Waals surface area contributed by atoms with E-state index in [0.717, 1.165) is 41.3 Å². The molecule has 0 saturated carbocycles. The number of piperazine rings is 3. The Morgan fingerprint density at radius 1 is 0.463 bits per heavy atom. The smallest absolute Gasteiger partial charge is 0.354 e. The van der Waals surface area contributed by atoms with Gasteiger partial charge in [-0.1, -0.05) is 79.5 Å². The molecule has 12 heterocycles. The molecule has 6 aliphatic rings. The van der Waals surface area contributed by atoms with Gasteiger partial charge in [0.05, 0.1) is 120 Å². The highest BCUT2D eigenvalue weighted by Gasteiger charge is 2.49. The zero-order valence-corrected chi connectivity index (χ0v) is 76.0. The van der Waals surface area contributed by atoms with E-state index >= 15 is 26.3 Å². The molecule has 0 radical (unpaired) electrons. The lowest BCUT2D eigenvalue weighted by atomic mass is 9.98. The molecule has 12 aromatic rings. The topological polar surface area (TPSA) is 358 Å². The van der Waals surface area contributed by atoms with Crippen molar-refractivity contribution in [2.45, 2.75) is 142 Å². The molecule has 6 atom stereocenters. The second kappa shape index (κ2) is 35.0. The Bertz CT molecular complexity index is 7350. The average molecular weight is 1850 g/mol. The van der Waals surface area contributed by atoms with E-state index in [1.807, 2.05) is 48.5 Å². The van der Waals surface area contributed by atoms with Gasteiger partial charge in [-0.05, 0) is 167 Å². The molecule has 3 saturated heterocycles. The fraction of sp³-hybridized carbons (Fsp3) is 0.299. The average Bonchev–Trinajstić information content (AvgIpc) is 1.43. The third-order valence-electron chi connectivity index (χ3n) is 25.5. The molecule has 6 unspecified atom stereocenters. The highest BCUT2D eigenvalue weighted by molar-refractivity contribution is 7.91. The fourth-order valence-electron chi connectivity index (χ4n) is 19.2. The van der Waals surface area contributed by atoms with Crippen LogP contribution in [0, 0.1) is 55.7 Å². The Balaban J connectivity index is 0.000000146. The van der Waals surface area contributed by atoms with Crippen LogP contribution in [0.15, 0.2) is 167 Å². The number of hydrogen-bond acceptors (Lipinski definition) is 22. The van der Waals surface area contributed by atoms with Crippen LogP contribution in [-0.2, 0) is 33.8 Å². The number of aryl methyl sites for hydroxylation is 3. The summed E-state index contributed by atoms with van der Waals surface area (Å²) in [5, 5.41) is 34.8. The summed E-state index contributed by atoms with van der Waals surface area (Å²) in [7, 11) is -3.13. The summed E-state index contributed by atoms with van der Waals surface area (Å²) in [5.41, 5.74) is -0.337. The molecule has 3 fully saturated rings. The standard InChI is InChI=1S/C33H32F2N6O4.C32H30F2N6O4.C32H31F2N5O5S/c1-7-24(43)39-15-22-32(44)38(6)30-26-21(13-19(27(30)35)25-20(34)9-8-10-23(25)42)41(29-17(4)11-12-36-28(29)16(2)3)33(45)37-31(26)40(22)14-18(39)5;1-6-23(42)38-14-21-31(43)36-28-25-20(12-18(26(28)34)24-19(33)8-7-9-22(24)41)40(29-16(4)10-11-35-27(29)15(2)3)32(44)37-30(25)39(21)13-17(38)5;1-6-24(41)37-14-19-15-45(43,44)30-26-22(12-20(27(30)34)25-21(33)8-7-9-23(25)40)39(29-17(4)10-11-35-28(29)16(2)3)32(42)36-31(26)38(19)13-18(37)5/h7-13,16,18,22,42H,1,14-15H2,2-6H3;6-12,15,17,21,41H,1,13-14H2,2-5H3,(H,36,43);6-12,16,18-19,40H,1,13-15H2,2-5H3. The van der Waals surface area contributed by atoms with Crippen molar-refractivity contribution in [1.82, 2.24) is 58.3 Å². The van der Waals surface area contributed by atoms with Crippen LogP contribution in [0.2, 0.25) is 0 Å². The zero-order chi connectivity index (χ0) is 96.6. The number of benzene rings is 6. The van der Waals surface area contributed by atoms with Crippen LogP contribution in [0.25, 0.3) is 83.2 Å². The van der Waals surface area contributed by atoms with E-state index in [2.05, 4.69) is 55.0 Å². The van der Waals surface area contributed by atoms with Crippen molar-refractivity contribution < 1.29 is 74.1 Å². The monoisotopic (exact) mass is 1850 g/mol. The van der Waals surface area contributed by atoms with Gasteiger partial charge >= 0.3 is 17.1 Å². The van der Waals surface area contributed by atoms with Gasteiger partial charge in [-0.25, -0.2) is 49.1 Å². The second-order valence-corrected chi connectivity index (χ2v) is 37.0. The van der Waals surface area contributed by atoms with E-state index in [1.54, 1.807) is 86.1 Å². The first-order chi connectivity index (χ1) is 63.6. The molecule has 6 aromatic heterocycles. The van der Waals surface area contributed by atoms with Crippen molar-refractivity contribution in [3.8, 4) is 67.7 Å². The number of likely N-dealkylation sites (N-methyl/N-ethyl adjacent to an activating group) is 1. The molecule has 30 nitrogen and oxygen atoms in total. The molecule has 6 aliphatic heterocycles. The van der Waals surface area contributed by atoms with Gasteiger partial charge in [-0.3, -0.25) is 52.6 Å². The number of sulfone groups is 1. The zero-order valence-electron chi connectivity index (χ0n) is 75.1. The number of anilines is 5. The van der Waals surface area contributed by atoms with Crippen molar-refractivity contribution in [2.24, 2.45) is 0 Å². The van der Waals surface area contributed by atoms with Crippen molar-refractivity contribution in [3.63, 3.8) is 0 Å². The quantitative estimate of drug-likeness (QED) is 0.0652.